The summed E-state index contributed by atoms with van der Waals surface area (Å²) in [6, 6.07) is 8.01. The van der Waals surface area contributed by atoms with Crippen LogP contribution in [0.25, 0.3) is 0 Å². The van der Waals surface area contributed by atoms with Gasteiger partial charge in [-0.2, -0.15) is 0 Å². The third kappa shape index (κ3) is 5.79. The van der Waals surface area contributed by atoms with E-state index in [9.17, 15) is 9.59 Å². The maximum absolute atomic E-state index is 12.6. The zero-order valence-corrected chi connectivity index (χ0v) is 21.9. The number of nitrogens with zero attached hydrogens (tertiary/aromatic N) is 3. The number of anilines is 1. The molecular formula is C24H30N4O4S2. The summed E-state index contributed by atoms with van der Waals surface area (Å²) in [6.07, 6.45) is 0.673. The first-order chi connectivity index (χ1) is 16.3. The topological polar surface area (TPSA) is 95.3 Å². The number of esters is 1. The summed E-state index contributed by atoms with van der Waals surface area (Å²) in [4.78, 5) is 25.7. The molecule has 2 heterocycles. The predicted octanol–water partition coefficient (Wildman–Crippen LogP) is 5.20. The molecule has 182 valence electrons. The van der Waals surface area contributed by atoms with Gasteiger partial charge in [-0.25, -0.2) is 4.79 Å². The van der Waals surface area contributed by atoms with Crippen molar-refractivity contribution >= 4 is 40.0 Å². The highest BCUT2D eigenvalue weighted by Gasteiger charge is 2.23. The summed E-state index contributed by atoms with van der Waals surface area (Å²) in [6.45, 7) is 10.4. The van der Waals surface area contributed by atoms with Gasteiger partial charge in [-0.1, -0.05) is 30.8 Å². The fourth-order valence-electron chi connectivity index (χ4n) is 3.42. The molecule has 1 aromatic carbocycles. The summed E-state index contributed by atoms with van der Waals surface area (Å²) in [5.74, 6) is 0.902. The molecule has 0 spiro atoms. The van der Waals surface area contributed by atoms with Gasteiger partial charge in [0.05, 0.1) is 18.4 Å². The molecule has 0 saturated carbocycles. The Balaban J connectivity index is 1.66. The average Bonchev–Trinajstić information content (AvgIpc) is 3.37. The summed E-state index contributed by atoms with van der Waals surface area (Å²) < 4.78 is 12.9. The van der Waals surface area contributed by atoms with Crippen LogP contribution in [0.2, 0.25) is 0 Å². The van der Waals surface area contributed by atoms with Gasteiger partial charge in [0.1, 0.15) is 10.8 Å². The minimum absolute atomic E-state index is 0.127. The van der Waals surface area contributed by atoms with Gasteiger partial charge in [0, 0.05) is 11.4 Å². The summed E-state index contributed by atoms with van der Waals surface area (Å²) in [5.41, 5.74) is 2.47. The highest BCUT2D eigenvalue weighted by atomic mass is 32.2. The molecule has 0 aliphatic heterocycles. The van der Waals surface area contributed by atoms with Gasteiger partial charge in [-0.05, 0) is 57.4 Å². The molecule has 0 aliphatic carbocycles. The number of methoxy groups -OCH3 is 1. The van der Waals surface area contributed by atoms with Gasteiger partial charge in [-0.15, -0.1) is 21.5 Å². The van der Waals surface area contributed by atoms with Crippen molar-refractivity contribution in [3.63, 3.8) is 0 Å². The number of rotatable bonds is 10. The van der Waals surface area contributed by atoms with Gasteiger partial charge in [0.25, 0.3) is 0 Å². The lowest BCUT2D eigenvalue weighted by Crippen LogP contribution is -2.17. The van der Waals surface area contributed by atoms with Crippen LogP contribution < -0.4 is 10.1 Å². The van der Waals surface area contributed by atoms with E-state index in [0.717, 1.165) is 22.6 Å². The number of benzene rings is 1. The highest BCUT2D eigenvalue weighted by molar-refractivity contribution is 7.99. The summed E-state index contributed by atoms with van der Waals surface area (Å²) >= 11 is 2.65. The minimum atomic E-state index is -0.460. The largest absolute Gasteiger partial charge is 0.483 e. The van der Waals surface area contributed by atoms with Crippen molar-refractivity contribution in [2.24, 2.45) is 0 Å². The molecule has 1 unspecified atom stereocenters. The Bertz CT molecular complexity index is 1150. The molecular weight excluding hydrogens is 472 g/mol. The molecule has 3 rings (SSSR count). The normalized spacial score (nSPS) is 11.8. The van der Waals surface area contributed by atoms with E-state index in [-0.39, 0.29) is 17.8 Å². The molecule has 0 fully saturated rings. The number of ether oxygens (including phenoxy) is 2. The first-order valence-corrected chi connectivity index (χ1v) is 12.9. The number of carbonyl (C=O) groups excluding carboxylic acids is 2. The second-order valence-corrected chi connectivity index (χ2v) is 9.83. The number of hydrogen-bond donors (Lipinski definition) is 1. The van der Waals surface area contributed by atoms with Crippen molar-refractivity contribution in [3.05, 3.63) is 51.7 Å². The number of carbonyl (C=O) groups is 2. The van der Waals surface area contributed by atoms with E-state index in [1.165, 1.54) is 35.8 Å². The van der Waals surface area contributed by atoms with E-state index >= 15 is 0 Å². The Kier molecular flexibility index (Phi) is 8.73. The van der Waals surface area contributed by atoms with E-state index in [4.69, 9.17) is 9.47 Å². The fraction of sp³-hybridized carbons (Fsp3) is 0.417. The van der Waals surface area contributed by atoms with Crippen LogP contribution in [0.3, 0.4) is 0 Å². The van der Waals surface area contributed by atoms with Crippen LogP contribution in [-0.2, 0) is 22.5 Å². The molecule has 1 N–H and O–H groups in total. The molecule has 0 radical (unpaired) electrons. The Morgan fingerprint density at radius 1 is 1.18 bits per heavy atom. The molecule has 8 nitrogen and oxygen atoms in total. The van der Waals surface area contributed by atoms with E-state index in [1.54, 1.807) is 0 Å². The monoisotopic (exact) mass is 502 g/mol. The van der Waals surface area contributed by atoms with E-state index in [2.05, 4.69) is 34.6 Å². The van der Waals surface area contributed by atoms with Crippen molar-refractivity contribution in [3.8, 4) is 5.75 Å². The Morgan fingerprint density at radius 3 is 2.50 bits per heavy atom. The van der Waals surface area contributed by atoms with Crippen LogP contribution in [0.4, 0.5) is 5.00 Å². The third-order valence-corrected chi connectivity index (χ3v) is 7.52. The quantitative estimate of drug-likeness (QED) is 0.301. The molecule has 0 saturated heterocycles. The van der Waals surface area contributed by atoms with Gasteiger partial charge in [-0.3, -0.25) is 4.79 Å². The molecule has 3 aromatic rings. The predicted molar refractivity (Wildman–Crippen MR) is 135 cm³/mol. The molecule has 2 aromatic heterocycles. The number of thioether (sulfide) groups is 1. The van der Waals surface area contributed by atoms with Crippen molar-refractivity contribution in [1.82, 2.24) is 14.8 Å². The van der Waals surface area contributed by atoms with E-state index in [1.807, 2.05) is 44.4 Å². The molecule has 10 heteroatoms. The molecule has 1 atom stereocenters. The summed E-state index contributed by atoms with van der Waals surface area (Å²) in [5, 5.41) is 12.6. The van der Waals surface area contributed by atoms with Crippen LogP contribution in [-0.4, -0.2) is 39.5 Å². The zero-order chi connectivity index (χ0) is 24.8. The Labute approximate surface area is 208 Å². The maximum atomic E-state index is 12.6. The number of aromatic nitrogens is 3. The SMILES string of the molecule is CCc1ccc(OC(C)c2nnc(SCC(=O)Nc3sc(C)c(C)c3C(=O)OC)n2CC)cc1. The lowest BCUT2D eigenvalue weighted by Gasteiger charge is -2.16. The van der Waals surface area contributed by atoms with Gasteiger partial charge >= 0.3 is 5.97 Å². The van der Waals surface area contributed by atoms with Crippen molar-refractivity contribution < 1.29 is 19.1 Å². The molecule has 34 heavy (non-hydrogen) atoms. The second kappa shape index (κ2) is 11.5. The maximum Gasteiger partial charge on any atom is 0.341 e. The number of nitrogens with one attached hydrogen (secondary N) is 1. The van der Waals surface area contributed by atoms with Gasteiger partial charge in [0.2, 0.25) is 5.91 Å². The third-order valence-electron chi connectivity index (χ3n) is 5.43. The van der Waals surface area contributed by atoms with Crippen LogP contribution in [0.15, 0.2) is 29.4 Å². The van der Waals surface area contributed by atoms with E-state index in [0.29, 0.717) is 28.1 Å². The lowest BCUT2D eigenvalue weighted by atomic mass is 10.1. The Hall–Kier alpha value is -2.85. The number of hydrogen-bond acceptors (Lipinski definition) is 8. The standard InChI is InChI=1S/C24H30N4O4S2/c1-7-17-9-11-18(12-10-17)32-15(4)21-26-27-24(28(21)8-2)33-13-19(29)25-22-20(23(30)31-6)14(3)16(5)34-22/h9-12,15H,7-8,13H2,1-6H3,(H,25,29). The van der Waals surface area contributed by atoms with Crippen LogP contribution in [0, 0.1) is 13.8 Å². The minimum Gasteiger partial charge on any atom is -0.483 e. The van der Waals surface area contributed by atoms with Crippen molar-refractivity contribution in [2.75, 3.05) is 18.2 Å². The zero-order valence-electron chi connectivity index (χ0n) is 20.3. The molecule has 0 aliphatic rings. The smallest absolute Gasteiger partial charge is 0.341 e. The van der Waals surface area contributed by atoms with Crippen molar-refractivity contribution in [1.29, 1.82) is 0 Å². The highest BCUT2D eigenvalue weighted by Crippen LogP contribution is 2.33. The van der Waals surface area contributed by atoms with Gasteiger partial charge < -0.3 is 19.4 Å². The molecule has 0 bridgehead atoms. The first kappa shape index (κ1) is 25.8. The van der Waals surface area contributed by atoms with Crippen molar-refractivity contribution in [2.45, 2.75) is 58.8 Å². The summed E-state index contributed by atoms with van der Waals surface area (Å²) in [7, 11) is 1.33. The lowest BCUT2D eigenvalue weighted by molar-refractivity contribution is -0.113. The number of amides is 1. The average molecular weight is 503 g/mol. The van der Waals surface area contributed by atoms with E-state index < -0.39 is 5.97 Å². The van der Waals surface area contributed by atoms with Crippen LogP contribution >= 0.6 is 23.1 Å². The number of aryl methyl sites for hydroxylation is 2. The first-order valence-electron chi connectivity index (χ1n) is 11.1. The van der Waals surface area contributed by atoms with Gasteiger partial charge in [0.15, 0.2) is 17.1 Å². The fourth-order valence-corrected chi connectivity index (χ4v) is 5.30. The van der Waals surface area contributed by atoms with Crippen LogP contribution in [0.1, 0.15) is 59.1 Å². The second-order valence-electron chi connectivity index (χ2n) is 7.66. The van der Waals surface area contributed by atoms with Crippen LogP contribution in [0.5, 0.6) is 5.75 Å². The number of thiophene rings is 1. The Morgan fingerprint density at radius 2 is 1.88 bits per heavy atom. The molecule has 1 amide bonds.